The summed E-state index contributed by atoms with van der Waals surface area (Å²) >= 11 is 2.90. The molecule has 0 amide bonds. The number of ketones is 1. The van der Waals surface area contributed by atoms with Crippen LogP contribution in [0.4, 0.5) is 8.78 Å². The van der Waals surface area contributed by atoms with Crippen molar-refractivity contribution >= 4 is 27.7 Å². The van der Waals surface area contributed by atoms with Gasteiger partial charge in [-0.15, -0.1) is 0 Å². The van der Waals surface area contributed by atoms with Crippen LogP contribution in [-0.4, -0.2) is 48.3 Å². The molecule has 0 bridgehead atoms. The van der Waals surface area contributed by atoms with Gasteiger partial charge in [0.15, 0.2) is 12.3 Å². The highest BCUT2D eigenvalue weighted by atomic mass is 79.9. The third-order valence-electron chi connectivity index (χ3n) is 3.54. The van der Waals surface area contributed by atoms with Crippen molar-refractivity contribution in [1.82, 2.24) is 0 Å². The predicted octanol–water partition coefficient (Wildman–Crippen LogP) is 3.41. The lowest BCUT2D eigenvalue weighted by atomic mass is 10.0. The highest BCUT2D eigenvalue weighted by Gasteiger charge is 2.31. The first-order valence-corrected chi connectivity index (χ1v) is 8.88. The normalized spacial score (nSPS) is 14.3. The zero-order chi connectivity index (χ0) is 20.1. The van der Waals surface area contributed by atoms with E-state index in [2.05, 4.69) is 15.9 Å². The second-order valence-electron chi connectivity index (χ2n) is 6.54. The molecule has 1 N–H and O–H groups in total. The molecule has 0 saturated carbocycles. The third-order valence-corrected chi connectivity index (χ3v) is 4.15. The molecule has 0 aliphatic heterocycles. The van der Waals surface area contributed by atoms with Gasteiger partial charge in [-0.1, -0.05) is 13.8 Å². The van der Waals surface area contributed by atoms with E-state index in [1.54, 1.807) is 14.0 Å². The molecule has 1 aromatic rings. The largest absolute Gasteiger partial charge is 0.462 e. The fourth-order valence-corrected chi connectivity index (χ4v) is 2.90. The Labute approximate surface area is 160 Å². The van der Waals surface area contributed by atoms with E-state index < -0.39 is 34.5 Å². The molecule has 0 aliphatic carbocycles. The molecule has 0 aromatic heterocycles. The SMILES string of the molecule is CCOC(=O)C(=C[N@@+](C)(CO)CC(C)C)C(=O)c1cc(Br)c(F)cc1F. The molecule has 0 spiro atoms. The predicted molar refractivity (Wildman–Crippen MR) is 96.1 cm³/mol. The number of halogens is 3. The maximum atomic E-state index is 14.1. The summed E-state index contributed by atoms with van der Waals surface area (Å²) in [6.07, 6.45) is 1.26. The lowest BCUT2D eigenvalue weighted by Crippen LogP contribution is -2.43. The molecular formula is C18H23BrF2NO4+. The highest BCUT2D eigenvalue weighted by Crippen LogP contribution is 2.24. The summed E-state index contributed by atoms with van der Waals surface area (Å²) in [6.45, 7) is 5.49. The van der Waals surface area contributed by atoms with Gasteiger partial charge in [-0.3, -0.25) is 9.28 Å². The molecule has 1 aromatic carbocycles. The van der Waals surface area contributed by atoms with E-state index in [9.17, 15) is 23.5 Å². The topological polar surface area (TPSA) is 63.6 Å². The fraction of sp³-hybridized carbons (Fsp3) is 0.444. The molecule has 0 heterocycles. The molecule has 1 atom stereocenters. The van der Waals surface area contributed by atoms with Crippen LogP contribution in [0.15, 0.2) is 28.4 Å². The molecule has 26 heavy (non-hydrogen) atoms. The minimum atomic E-state index is -1.09. The van der Waals surface area contributed by atoms with E-state index in [1.807, 2.05) is 13.8 Å². The Balaban J connectivity index is 3.47. The van der Waals surface area contributed by atoms with E-state index >= 15 is 0 Å². The van der Waals surface area contributed by atoms with Crippen LogP contribution in [0.2, 0.25) is 0 Å². The zero-order valence-electron chi connectivity index (χ0n) is 15.2. The number of hydrogen-bond acceptors (Lipinski definition) is 4. The first-order valence-electron chi connectivity index (χ1n) is 8.09. The van der Waals surface area contributed by atoms with E-state index in [0.29, 0.717) is 12.6 Å². The summed E-state index contributed by atoms with van der Waals surface area (Å²) in [5.74, 6) is -3.68. The number of rotatable bonds is 8. The number of aliphatic hydroxyl groups is 1. The van der Waals surface area contributed by atoms with Crippen molar-refractivity contribution in [2.24, 2.45) is 5.92 Å². The van der Waals surface area contributed by atoms with Crippen LogP contribution in [0.5, 0.6) is 0 Å². The second kappa shape index (κ2) is 9.34. The van der Waals surface area contributed by atoms with Crippen molar-refractivity contribution in [3.8, 4) is 0 Å². The monoisotopic (exact) mass is 434 g/mol. The first-order chi connectivity index (χ1) is 12.0. The molecule has 0 radical (unpaired) electrons. The van der Waals surface area contributed by atoms with Crippen LogP contribution in [0.25, 0.3) is 0 Å². The molecule has 0 aliphatic rings. The van der Waals surface area contributed by atoms with Gasteiger partial charge in [-0.2, -0.15) is 0 Å². The van der Waals surface area contributed by atoms with Crippen LogP contribution < -0.4 is 0 Å². The van der Waals surface area contributed by atoms with Gasteiger partial charge in [0.05, 0.1) is 30.2 Å². The number of aliphatic hydroxyl groups excluding tert-OH is 1. The zero-order valence-corrected chi connectivity index (χ0v) is 16.8. The summed E-state index contributed by atoms with van der Waals surface area (Å²) < 4.78 is 32.2. The van der Waals surface area contributed by atoms with Crippen LogP contribution in [0.3, 0.4) is 0 Å². The Hall–Kier alpha value is -1.64. The molecule has 5 nitrogen and oxygen atoms in total. The highest BCUT2D eigenvalue weighted by molar-refractivity contribution is 9.10. The van der Waals surface area contributed by atoms with Gasteiger partial charge in [0.25, 0.3) is 0 Å². The second-order valence-corrected chi connectivity index (χ2v) is 7.39. The van der Waals surface area contributed by atoms with Crippen LogP contribution in [0.1, 0.15) is 31.1 Å². The van der Waals surface area contributed by atoms with Crippen LogP contribution in [0, 0.1) is 17.6 Å². The van der Waals surface area contributed by atoms with E-state index in [0.717, 1.165) is 6.07 Å². The first kappa shape index (κ1) is 22.4. The summed E-state index contributed by atoms with van der Waals surface area (Å²) in [6, 6.07) is 1.54. The van der Waals surface area contributed by atoms with Crippen molar-refractivity contribution in [2.45, 2.75) is 20.8 Å². The number of esters is 1. The Morgan fingerprint density at radius 3 is 2.42 bits per heavy atom. The van der Waals surface area contributed by atoms with Crippen molar-refractivity contribution < 1.29 is 32.7 Å². The molecule has 8 heteroatoms. The maximum absolute atomic E-state index is 14.1. The van der Waals surface area contributed by atoms with Crippen LogP contribution in [-0.2, 0) is 9.53 Å². The number of carbonyl (C=O) groups excluding carboxylic acids is 2. The lowest BCUT2D eigenvalue weighted by Gasteiger charge is -2.30. The van der Waals surface area contributed by atoms with Gasteiger partial charge < -0.3 is 9.84 Å². The lowest BCUT2D eigenvalue weighted by molar-refractivity contribution is -0.882. The summed E-state index contributed by atoms with van der Waals surface area (Å²) in [4.78, 5) is 25.1. The Kier molecular flexibility index (Phi) is 8.05. The Morgan fingerprint density at radius 2 is 1.92 bits per heavy atom. The molecule has 1 rings (SSSR count). The van der Waals surface area contributed by atoms with E-state index in [1.165, 1.54) is 6.20 Å². The van der Waals surface area contributed by atoms with Gasteiger partial charge in [0.2, 0.25) is 5.78 Å². The number of ether oxygens (including phenoxy) is 1. The average molecular weight is 435 g/mol. The fourth-order valence-electron chi connectivity index (χ4n) is 2.55. The average Bonchev–Trinajstić information content (AvgIpc) is 2.55. The molecule has 0 saturated heterocycles. The summed E-state index contributed by atoms with van der Waals surface area (Å²) in [5.41, 5.74) is -0.881. The number of benzene rings is 1. The van der Waals surface area contributed by atoms with Gasteiger partial charge in [0.1, 0.15) is 17.8 Å². The van der Waals surface area contributed by atoms with Gasteiger partial charge >= 0.3 is 5.97 Å². The number of hydrogen-bond donors (Lipinski definition) is 1. The van der Waals surface area contributed by atoms with Crippen molar-refractivity contribution in [2.75, 3.05) is 26.9 Å². The minimum absolute atomic E-state index is 0.0199. The standard InChI is InChI=1S/C18H23BrF2NO4/c1-5-26-18(25)13(9-22(4,10-23)8-11(2)3)17(24)12-6-14(19)16(21)7-15(12)20/h6-7,9,11,23H,5,8,10H2,1-4H3/q+1/t22-/m0/s1. The summed E-state index contributed by atoms with van der Waals surface area (Å²) in [5, 5.41) is 9.72. The number of nitrogens with zero attached hydrogens (tertiary/aromatic N) is 1. The smallest absolute Gasteiger partial charge is 0.347 e. The molecular weight excluding hydrogens is 412 g/mol. The van der Waals surface area contributed by atoms with E-state index in [-0.39, 0.29) is 28.2 Å². The van der Waals surface area contributed by atoms with Crippen molar-refractivity contribution in [3.63, 3.8) is 0 Å². The molecule has 0 unspecified atom stereocenters. The maximum Gasteiger partial charge on any atom is 0.347 e. The third kappa shape index (κ3) is 5.69. The van der Waals surface area contributed by atoms with Gasteiger partial charge in [-0.05, 0) is 28.9 Å². The minimum Gasteiger partial charge on any atom is -0.462 e. The van der Waals surface area contributed by atoms with Crippen molar-refractivity contribution in [3.05, 3.63) is 45.6 Å². The number of quaternary nitrogens is 1. The van der Waals surface area contributed by atoms with E-state index in [4.69, 9.17) is 4.74 Å². The molecule has 0 fully saturated rings. The Bertz CT molecular complexity index is 721. The van der Waals surface area contributed by atoms with Crippen LogP contribution >= 0.6 is 15.9 Å². The Morgan fingerprint density at radius 1 is 1.31 bits per heavy atom. The van der Waals surface area contributed by atoms with Gasteiger partial charge in [0, 0.05) is 12.0 Å². The molecule has 144 valence electrons. The van der Waals surface area contributed by atoms with Crippen molar-refractivity contribution in [1.29, 1.82) is 0 Å². The number of Topliss-reactive ketones (excluding diaryl/α,β-unsaturated/α-hetero) is 1. The number of carbonyl (C=O) groups is 2. The van der Waals surface area contributed by atoms with Gasteiger partial charge in [-0.25, -0.2) is 13.6 Å². The summed E-state index contributed by atoms with van der Waals surface area (Å²) in [7, 11) is 1.63. The quantitative estimate of drug-likeness (QED) is 0.0994.